The third kappa shape index (κ3) is 5.42. The molecule has 10 nitrogen and oxygen atoms in total. The van der Waals surface area contributed by atoms with Crippen molar-refractivity contribution in [3.05, 3.63) is 58.7 Å². The van der Waals surface area contributed by atoms with E-state index in [4.69, 9.17) is 15.2 Å². The Labute approximate surface area is 210 Å². The number of likely N-dealkylation sites (N-methyl/N-ethyl adjacent to an activating group) is 1. The molecule has 2 aromatic rings. The van der Waals surface area contributed by atoms with E-state index in [-0.39, 0.29) is 29.1 Å². The fourth-order valence-electron chi connectivity index (χ4n) is 4.19. The summed E-state index contributed by atoms with van der Waals surface area (Å²) in [5.41, 5.74) is 6.34. The first kappa shape index (κ1) is 28.1. The van der Waals surface area contributed by atoms with Gasteiger partial charge in [-0.2, -0.15) is 0 Å². The summed E-state index contributed by atoms with van der Waals surface area (Å²) in [6.07, 6.45) is 1.03. The van der Waals surface area contributed by atoms with E-state index >= 15 is 0 Å². The van der Waals surface area contributed by atoms with Crippen molar-refractivity contribution in [3.63, 3.8) is 0 Å². The van der Waals surface area contributed by atoms with Crippen molar-refractivity contribution < 1.29 is 32.3 Å². The molecule has 35 heavy (non-hydrogen) atoms. The highest BCUT2D eigenvalue weighted by atomic mass is 35.5. The molecule has 0 radical (unpaired) electrons. The molecule has 2 aromatic carbocycles. The highest BCUT2D eigenvalue weighted by Crippen LogP contribution is 2.38. The van der Waals surface area contributed by atoms with E-state index in [1.54, 1.807) is 43.3 Å². The molecule has 2 unspecified atom stereocenters. The summed E-state index contributed by atoms with van der Waals surface area (Å²) in [5.74, 6) is -1.83. The number of ether oxygens (including phenoxy) is 2. The Bertz CT molecular complexity index is 1260. The Balaban J connectivity index is 0.00000432. The van der Waals surface area contributed by atoms with Gasteiger partial charge in [0, 0.05) is 6.26 Å². The number of sulfone groups is 1. The lowest BCUT2D eigenvalue weighted by Crippen LogP contribution is -2.38. The van der Waals surface area contributed by atoms with Crippen molar-refractivity contribution in [1.82, 2.24) is 9.80 Å². The number of amides is 3. The van der Waals surface area contributed by atoms with Gasteiger partial charge in [-0.25, -0.2) is 8.42 Å². The number of methoxy groups -OCH3 is 2. The van der Waals surface area contributed by atoms with Gasteiger partial charge in [-0.1, -0.05) is 18.2 Å². The monoisotopic (exact) mass is 525 g/mol. The van der Waals surface area contributed by atoms with Crippen LogP contribution >= 0.6 is 12.4 Å². The predicted octanol–water partition coefficient (Wildman–Crippen LogP) is 1.60. The lowest BCUT2D eigenvalue weighted by molar-refractivity contribution is -0.122. The fourth-order valence-corrected chi connectivity index (χ4v) is 5.11. The largest absolute Gasteiger partial charge is 0.493 e. The summed E-state index contributed by atoms with van der Waals surface area (Å²) in [7, 11) is 2.50. The van der Waals surface area contributed by atoms with Gasteiger partial charge in [0.1, 0.15) is 15.9 Å². The van der Waals surface area contributed by atoms with Crippen LogP contribution < -0.4 is 15.2 Å². The molecule has 12 heteroatoms. The molecular formula is C23H28ClN3O7S. The van der Waals surface area contributed by atoms with Crippen LogP contribution in [-0.4, -0.2) is 76.3 Å². The van der Waals surface area contributed by atoms with Crippen LogP contribution in [0.5, 0.6) is 11.5 Å². The summed E-state index contributed by atoms with van der Waals surface area (Å²) in [6.45, 7) is 0. The summed E-state index contributed by atoms with van der Waals surface area (Å²) < 4.78 is 35.2. The normalized spacial score (nSPS) is 14.9. The van der Waals surface area contributed by atoms with Crippen LogP contribution in [0, 0.1) is 0 Å². The van der Waals surface area contributed by atoms with E-state index in [1.165, 1.54) is 26.4 Å². The molecule has 0 aliphatic carbocycles. The molecule has 0 bridgehead atoms. The van der Waals surface area contributed by atoms with Crippen molar-refractivity contribution in [1.29, 1.82) is 0 Å². The zero-order valence-electron chi connectivity index (χ0n) is 20.0. The minimum absolute atomic E-state index is 0. The van der Waals surface area contributed by atoms with Crippen molar-refractivity contribution in [2.45, 2.75) is 12.1 Å². The van der Waals surface area contributed by atoms with Crippen LogP contribution in [0.1, 0.15) is 43.9 Å². The summed E-state index contributed by atoms with van der Waals surface area (Å²) in [5, 5.41) is 0. The van der Waals surface area contributed by atoms with Gasteiger partial charge in [0.2, 0.25) is 5.91 Å². The molecule has 1 aliphatic rings. The molecule has 0 spiro atoms. The molecule has 0 saturated heterocycles. The second-order valence-electron chi connectivity index (χ2n) is 8.24. The van der Waals surface area contributed by atoms with Gasteiger partial charge < -0.3 is 15.2 Å². The third-order valence-electron chi connectivity index (χ3n) is 5.62. The molecule has 3 amide bonds. The molecule has 0 fully saturated rings. The van der Waals surface area contributed by atoms with Crippen molar-refractivity contribution in [2.24, 2.45) is 5.73 Å². The maximum absolute atomic E-state index is 13.6. The average molecular weight is 526 g/mol. The van der Waals surface area contributed by atoms with E-state index in [0.29, 0.717) is 17.1 Å². The molecule has 1 aliphatic heterocycles. The molecule has 0 aromatic heterocycles. The molecule has 1 heterocycles. The molecule has 2 atom stereocenters. The topological polar surface area (TPSA) is 136 Å². The zero-order valence-corrected chi connectivity index (χ0v) is 21.6. The SMILES string of the molecule is COc1ccc(C(CS(C)(=O)=O)N2C(=O)c3cccc(C(C(N)=O)N(C)C)c3C2=O)cc1OC.Cl. The van der Waals surface area contributed by atoms with Gasteiger partial charge >= 0.3 is 0 Å². The summed E-state index contributed by atoms with van der Waals surface area (Å²) in [6, 6.07) is 7.18. The van der Waals surface area contributed by atoms with E-state index in [2.05, 4.69) is 0 Å². The van der Waals surface area contributed by atoms with Crippen LogP contribution in [0.2, 0.25) is 0 Å². The van der Waals surface area contributed by atoms with E-state index in [1.807, 2.05) is 0 Å². The number of rotatable bonds is 9. The van der Waals surface area contributed by atoms with Gasteiger partial charge in [0.15, 0.2) is 11.5 Å². The number of carbonyl (C=O) groups is 3. The first-order valence-electron chi connectivity index (χ1n) is 10.3. The Morgan fingerprint density at radius 3 is 2.20 bits per heavy atom. The van der Waals surface area contributed by atoms with Crippen molar-refractivity contribution >= 4 is 40.0 Å². The highest BCUT2D eigenvalue weighted by Gasteiger charge is 2.44. The van der Waals surface area contributed by atoms with E-state index < -0.39 is 45.4 Å². The fraction of sp³-hybridized carbons (Fsp3) is 0.348. The second-order valence-corrected chi connectivity index (χ2v) is 10.4. The number of benzene rings is 2. The zero-order chi connectivity index (χ0) is 25.4. The number of halogens is 1. The Morgan fingerprint density at radius 2 is 1.69 bits per heavy atom. The Kier molecular flexibility index (Phi) is 8.53. The lowest BCUT2D eigenvalue weighted by Gasteiger charge is -2.27. The molecule has 190 valence electrons. The van der Waals surface area contributed by atoms with Crippen LogP contribution in [0.4, 0.5) is 0 Å². The Hall–Kier alpha value is -3.15. The first-order chi connectivity index (χ1) is 15.9. The average Bonchev–Trinajstić information content (AvgIpc) is 3.01. The summed E-state index contributed by atoms with van der Waals surface area (Å²) >= 11 is 0. The maximum atomic E-state index is 13.6. The minimum atomic E-state index is -3.63. The third-order valence-corrected chi connectivity index (χ3v) is 6.54. The number of primary amides is 1. The van der Waals surface area contributed by atoms with Crippen LogP contribution in [0.3, 0.4) is 0 Å². The van der Waals surface area contributed by atoms with Gasteiger partial charge in [-0.15, -0.1) is 12.4 Å². The van der Waals surface area contributed by atoms with Gasteiger partial charge in [-0.05, 0) is 43.4 Å². The van der Waals surface area contributed by atoms with E-state index in [9.17, 15) is 22.8 Å². The number of carbonyl (C=O) groups excluding carboxylic acids is 3. The number of imide groups is 1. The molecule has 0 saturated carbocycles. The second kappa shape index (κ2) is 10.6. The van der Waals surface area contributed by atoms with Crippen LogP contribution in [-0.2, 0) is 14.6 Å². The first-order valence-corrected chi connectivity index (χ1v) is 12.3. The number of nitrogens with two attached hydrogens (primary N) is 1. The minimum Gasteiger partial charge on any atom is -0.493 e. The maximum Gasteiger partial charge on any atom is 0.262 e. The smallest absolute Gasteiger partial charge is 0.262 e. The highest BCUT2D eigenvalue weighted by molar-refractivity contribution is 7.90. The number of hydrogen-bond donors (Lipinski definition) is 1. The number of fused-ring (bicyclic) bond motifs is 1. The van der Waals surface area contributed by atoms with Gasteiger partial charge in [-0.3, -0.25) is 24.2 Å². The molecule has 2 N–H and O–H groups in total. The standard InChI is InChI=1S/C23H27N3O7S.ClH/c1-25(2)20(21(24)27)14-7-6-8-15-19(14)23(29)26(22(15)28)16(12-34(5,30)31)13-9-10-17(32-3)18(11-13)33-4;/h6-11,16,20H,12H2,1-5H3,(H2,24,27);1H. The lowest BCUT2D eigenvalue weighted by atomic mass is 9.96. The van der Waals surface area contributed by atoms with Crippen molar-refractivity contribution in [3.8, 4) is 11.5 Å². The van der Waals surface area contributed by atoms with Crippen LogP contribution in [0.25, 0.3) is 0 Å². The van der Waals surface area contributed by atoms with Crippen LogP contribution in [0.15, 0.2) is 36.4 Å². The van der Waals surface area contributed by atoms with E-state index in [0.717, 1.165) is 11.2 Å². The Morgan fingerprint density at radius 1 is 1.06 bits per heavy atom. The molecule has 3 rings (SSSR count). The number of hydrogen-bond acceptors (Lipinski definition) is 8. The van der Waals surface area contributed by atoms with Gasteiger partial charge in [0.25, 0.3) is 11.8 Å². The van der Waals surface area contributed by atoms with Gasteiger partial charge in [0.05, 0.1) is 37.1 Å². The quantitative estimate of drug-likeness (QED) is 0.487. The predicted molar refractivity (Wildman–Crippen MR) is 132 cm³/mol. The number of nitrogens with zero attached hydrogens (tertiary/aromatic N) is 2. The molecular weight excluding hydrogens is 498 g/mol. The summed E-state index contributed by atoms with van der Waals surface area (Å²) in [4.78, 5) is 41.7. The van der Waals surface area contributed by atoms with Crippen molar-refractivity contribution in [2.75, 3.05) is 40.3 Å².